The normalized spacial score (nSPS) is 11.3. The van der Waals surface area contributed by atoms with E-state index in [9.17, 15) is 19.6 Å². The second kappa shape index (κ2) is 9.00. The fraction of sp³-hybridized carbons (Fsp3) is 0.0417. The number of halogens is 1. The summed E-state index contributed by atoms with van der Waals surface area (Å²) in [5.74, 6) is -1.29. The first-order valence-corrected chi connectivity index (χ1v) is 10.6. The molecule has 9 heteroatoms. The van der Waals surface area contributed by atoms with Gasteiger partial charge in [0.1, 0.15) is 17.3 Å². The molecular formula is C24H20FN2O5S+. The van der Waals surface area contributed by atoms with Crippen molar-refractivity contribution in [2.75, 3.05) is 12.5 Å². The zero-order chi connectivity index (χ0) is 23.6. The number of benzene rings is 3. The molecule has 0 aliphatic rings. The highest BCUT2D eigenvalue weighted by molar-refractivity contribution is 7.19. The molecule has 168 valence electrons. The fourth-order valence-electron chi connectivity index (χ4n) is 3.28. The molecule has 0 aliphatic carbocycles. The molecule has 0 fully saturated rings. The summed E-state index contributed by atoms with van der Waals surface area (Å²) in [5.41, 5.74) is 5.36. The van der Waals surface area contributed by atoms with E-state index >= 15 is 0 Å². The van der Waals surface area contributed by atoms with Gasteiger partial charge in [0, 0.05) is 10.9 Å². The molecular weight excluding hydrogens is 447 g/mol. The molecule has 1 heterocycles. The van der Waals surface area contributed by atoms with Crippen LogP contribution in [0.5, 0.6) is 5.75 Å². The summed E-state index contributed by atoms with van der Waals surface area (Å²) >= 11 is 1.15. The maximum absolute atomic E-state index is 13.2. The second-order valence-corrected chi connectivity index (χ2v) is 8.22. The van der Waals surface area contributed by atoms with Gasteiger partial charge in [0.25, 0.3) is 5.00 Å². The lowest BCUT2D eigenvalue weighted by atomic mass is 10.0. The quantitative estimate of drug-likeness (QED) is 0.195. The standard InChI is InChI=1S/C24H19FN2O5S/c1-32-21-14-18(24(28)29)7-10-20(21)26-27(30,31)23-12-11-22(33-23)17-4-2-3-16(13-17)15-5-8-19(25)9-6-15/h2-14,26,30-31H,1H3/p+1. The Kier molecular flexibility index (Phi) is 6.12. The number of hydrogen-bond donors (Lipinski definition) is 4. The summed E-state index contributed by atoms with van der Waals surface area (Å²) in [5, 5.41) is 30.6. The van der Waals surface area contributed by atoms with Crippen molar-refractivity contribution in [3.63, 3.8) is 0 Å². The van der Waals surface area contributed by atoms with E-state index in [1.165, 1.54) is 37.4 Å². The van der Waals surface area contributed by atoms with Crippen LogP contribution >= 0.6 is 11.3 Å². The lowest BCUT2D eigenvalue weighted by Crippen LogP contribution is -2.47. The molecule has 0 radical (unpaired) electrons. The number of ether oxygens (including phenoxy) is 1. The maximum Gasteiger partial charge on any atom is 0.335 e. The minimum atomic E-state index is -1.66. The van der Waals surface area contributed by atoms with E-state index in [2.05, 4.69) is 5.43 Å². The highest BCUT2D eigenvalue weighted by Crippen LogP contribution is 2.38. The van der Waals surface area contributed by atoms with E-state index in [4.69, 9.17) is 9.84 Å². The predicted molar refractivity (Wildman–Crippen MR) is 124 cm³/mol. The lowest BCUT2D eigenvalue weighted by Gasteiger charge is -2.21. The van der Waals surface area contributed by atoms with Gasteiger partial charge in [-0.05, 0) is 59.2 Å². The molecule has 3 aromatic carbocycles. The van der Waals surface area contributed by atoms with Crippen LogP contribution in [0, 0.1) is 5.82 Å². The molecule has 0 saturated heterocycles. The Balaban J connectivity index is 1.60. The molecule has 0 unspecified atom stereocenters. The molecule has 4 N–H and O–H groups in total. The average Bonchev–Trinajstić information content (AvgIpc) is 3.31. The summed E-state index contributed by atoms with van der Waals surface area (Å²) in [6, 6.07) is 21.1. The zero-order valence-corrected chi connectivity index (χ0v) is 18.2. The third kappa shape index (κ3) is 4.86. The molecule has 0 spiro atoms. The van der Waals surface area contributed by atoms with Crippen molar-refractivity contribution < 1.29 is 29.4 Å². The zero-order valence-electron chi connectivity index (χ0n) is 17.4. The van der Waals surface area contributed by atoms with Crippen LogP contribution in [0.15, 0.2) is 78.9 Å². The van der Waals surface area contributed by atoms with Gasteiger partial charge in [-0.3, -0.25) is 0 Å². The number of nitrogens with zero attached hydrogens (tertiary/aromatic N) is 1. The van der Waals surface area contributed by atoms with Gasteiger partial charge in [-0.1, -0.05) is 41.7 Å². The SMILES string of the molecule is COc1cc(C(=O)O)ccc1N[N+](O)(O)c1ccc(-c2cccc(-c3ccc(F)cc3)c2)s1. The van der Waals surface area contributed by atoms with Gasteiger partial charge in [0.05, 0.1) is 17.6 Å². The Morgan fingerprint density at radius 1 is 0.939 bits per heavy atom. The van der Waals surface area contributed by atoms with Gasteiger partial charge in [-0.2, -0.15) is 5.43 Å². The van der Waals surface area contributed by atoms with E-state index in [1.807, 2.05) is 24.3 Å². The summed E-state index contributed by atoms with van der Waals surface area (Å²) in [6.07, 6.45) is 0. The number of anilines is 1. The monoisotopic (exact) mass is 467 g/mol. The number of thiophene rings is 1. The van der Waals surface area contributed by atoms with Crippen LogP contribution in [0.3, 0.4) is 0 Å². The van der Waals surface area contributed by atoms with Crippen LogP contribution < -0.4 is 15.1 Å². The molecule has 0 aliphatic heterocycles. The third-order valence-electron chi connectivity index (χ3n) is 4.95. The van der Waals surface area contributed by atoms with Crippen LogP contribution in [0.25, 0.3) is 21.6 Å². The van der Waals surface area contributed by atoms with Gasteiger partial charge >= 0.3 is 5.97 Å². The van der Waals surface area contributed by atoms with E-state index in [0.717, 1.165) is 32.9 Å². The Labute approximate surface area is 192 Å². The second-order valence-electron chi connectivity index (χ2n) is 7.16. The molecule has 4 rings (SSSR count). The van der Waals surface area contributed by atoms with Gasteiger partial charge in [-0.15, -0.1) is 10.4 Å². The number of quaternary nitrogens is 1. The third-order valence-corrected chi connectivity index (χ3v) is 6.14. The van der Waals surface area contributed by atoms with E-state index in [-0.39, 0.29) is 27.8 Å². The first kappa shape index (κ1) is 22.4. The highest BCUT2D eigenvalue weighted by atomic mass is 32.1. The average molecular weight is 467 g/mol. The van der Waals surface area contributed by atoms with Gasteiger partial charge in [-0.25, -0.2) is 9.18 Å². The number of nitrogens with one attached hydrogen (secondary N) is 1. The number of methoxy groups -OCH3 is 1. The highest BCUT2D eigenvalue weighted by Gasteiger charge is 2.31. The number of hydrogen-bond acceptors (Lipinski definition) is 6. The fourth-order valence-corrected chi connectivity index (χ4v) is 4.20. The maximum atomic E-state index is 13.2. The van der Waals surface area contributed by atoms with E-state index in [1.54, 1.807) is 24.3 Å². The van der Waals surface area contributed by atoms with Crippen molar-refractivity contribution in [1.82, 2.24) is 4.92 Å². The minimum Gasteiger partial charge on any atom is -0.494 e. The predicted octanol–water partition coefficient (Wildman–Crippen LogP) is 6.04. The van der Waals surface area contributed by atoms with Gasteiger partial charge in [0.2, 0.25) is 0 Å². The van der Waals surface area contributed by atoms with Crippen molar-refractivity contribution in [3.05, 3.63) is 90.2 Å². The number of carboxylic acids is 1. The molecule has 33 heavy (non-hydrogen) atoms. The molecule has 7 nitrogen and oxygen atoms in total. The van der Waals surface area contributed by atoms with E-state index in [0.29, 0.717) is 0 Å². The van der Waals surface area contributed by atoms with Crippen molar-refractivity contribution in [2.45, 2.75) is 0 Å². The largest absolute Gasteiger partial charge is 0.494 e. The van der Waals surface area contributed by atoms with Crippen LogP contribution in [0.2, 0.25) is 0 Å². The number of aromatic carboxylic acids is 1. The molecule has 0 saturated carbocycles. The summed E-state index contributed by atoms with van der Waals surface area (Å²) in [4.78, 5) is 10.3. The summed E-state index contributed by atoms with van der Waals surface area (Å²) in [6.45, 7) is 0. The Morgan fingerprint density at radius 3 is 2.36 bits per heavy atom. The van der Waals surface area contributed by atoms with Crippen molar-refractivity contribution >= 4 is 28.0 Å². The topological polar surface area (TPSA) is 99.0 Å². The van der Waals surface area contributed by atoms with E-state index < -0.39 is 10.9 Å². The minimum absolute atomic E-state index is 0.00539. The van der Waals surface area contributed by atoms with Crippen LogP contribution in [0.1, 0.15) is 10.4 Å². The van der Waals surface area contributed by atoms with Gasteiger partial charge < -0.3 is 9.84 Å². The summed E-state index contributed by atoms with van der Waals surface area (Å²) < 4.78 is 18.4. The molecule has 4 aromatic rings. The Hall–Kier alpha value is -3.76. The first-order chi connectivity index (χ1) is 15.8. The van der Waals surface area contributed by atoms with Crippen molar-refractivity contribution in [3.8, 4) is 27.3 Å². The molecule has 0 amide bonds. The number of rotatable bonds is 7. The van der Waals surface area contributed by atoms with Crippen molar-refractivity contribution in [2.24, 2.45) is 0 Å². The molecule has 1 aromatic heterocycles. The Bertz CT molecular complexity index is 1300. The molecule has 0 bridgehead atoms. The van der Waals surface area contributed by atoms with Crippen LogP contribution in [0.4, 0.5) is 15.1 Å². The first-order valence-electron chi connectivity index (χ1n) is 9.78. The number of carboxylic acid groups (broad SMARTS) is 1. The van der Waals surface area contributed by atoms with Crippen LogP contribution in [-0.2, 0) is 0 Å². The lowest BCUT2D eigenvalue weighted by molar-refractivity contribution is -0.270. The Morgan fingerprint density at radius 2 is 1.67 bits per heavy atom. The smallest absolute Gasteiger partial charge is 0.335 e. The number of carbonyl (C=O) groups is 1. The summed E-state index contributed by atoms with van der Waals surface area (Å²) in [7, 11) is 1.35. The van der Waals surface area contributed by atoms with Gasteiger partial charge in [0.15, 0.2) is 0 Å². The molecule has 0 atom stereocenters. The van der Waals surface area contributed by atoms with Crippen LogP contribution in [-0.4, -0.2) is 28.6 Å². The van der Waals surface area contributed by atoms with Crippen molar-refractivity contribution in [1.29, 1.82) is 0 Å².